The number of carbonyl (C=O) groups excluding carboxylic acids is 5. The van der Waals surface area contributed by atoms with E-state index in [4.69, 9.17) is 19.3 Å². The number of likely N-dealkylation sites (tertiary alicyclic amines) is 1. The normalized spacial score (nSPS) is 19.0. The van der Waals surface area contributed by atoms with E-state index in [1.807, 2.05) is 23.0 Å². The molecule has 2 saturated heterocycles. The number of rotatable bonds is 14. The number of benzene rings is 2. The zero-order valence-electron chi connectivity index (χ0n) is 31.1. The number of hydrogen-bond acceptors (Lipinski definition) is 12. The molecular weight excluding hydrogens is 734 g/mol. The van der Waals surface area contributed by atoms with Crippen molar-refractivity contribution in [3.63, 3.8) is 0 Å². The fourth-order valence-corrected chi connectivity index (χ4v) is 7.61. The minimum absolute atomic E-state index is 0.0631. The largest absolute Gasteiger partial charge is 0.491 e. The molecule has 294 valence electrons. The molecule has 2 N–H and O–H groups in total. The van der Waals surface area contributed by atoms with Crippen LogP contribution in [0.25, 0.3) is 16.6 Å². The van der Waals surface area contributed by atoms with Crippen LogP contribution in [0.1, 0.15) is 75.6 Å². The van der Waals surface area contributed by atoms with Gasteiger partial charge in [-0.3, -0.25) is 38.9 Å². The lowest BCUT2D eigenvalue weighted by Crippen LogP contribution is -2.54. The zero-order valence-corrected chi connectivity index (χ0v) is 31.1. The van der Waals surface area contributed by atoms with E-state index in [-0.39, 0.29) is 42.5 Å². The maximum absolute atomic E-state index is 13.4. The molecular formula is C40H41N9O8. The van der Waals surface area contributed by atoms with E-state index in [9.17, 15) is 24.0 Å². The van der Waals surface area contributed by atoms with Crippen LogP contribution in [0, 0.1) is 5.92 Å². The van der Waals surface area contributed by atoms with Gasteiger partial charge in [0.25, 0.3) is 17.7 Å². The molecule has 9 rings (SSSR count). The van der Waals surface area contributed by atoms with Gasteiger partial charge >= 0.3 is 0 Å². The molecule has 1 atom stereocenters. The number of fused-ring (bicyclic) bond motifs is 3. The first kappa shape index (κ1) is 36.4. The van der Waals surface area contributed by atoms with E-state index in [2.05, 4.69) is 25.6 Å². The molecule has 1 saturated carbocycles. The van der Waals surface area contributed by atoms with Crippen LogP contribution in [0.5, 0.6) is 11.5 Å². The molecule has 3 aromatic heterocycles. The molecule has 57 heavy (non-hydrogen) atoms. The fourth-order valence-electron chi connectivity index (χ4n) is 7.61. The molecule has 1 aliphatic carbocycles. The van der Waals surface area contributed by atoms with Crippen LogP contribution >= 0.6 is 0 Å². The second kappa shape index (κ2) is 15.4. The van der Waals surface area contributed by atoms with Crippen LogP contribution in [0.3, 0.4) is 0 Å². The van der Waals surface area contributed by atoms with Gasteiger partial charge in [-0.15, -0.1) is 0 Å². The number of anilines is 1. The molecule has 4 aliphatic rings. The van der Waals surface area contributed by atoms with Crippen molar-refractivity contribution in [2.24, 2.45) is 5.92 Å². The van der Waals surface area contributed by atoms with Crippen LogP contribution in [0.2, 0.25) is 0 Å². The molecule has 3 aliphatic heterocycles. The lowest BCUT2D eigenvalue weighted by atomic mass is 10.0. The van der Waals surface area contributed by atoms with E-state index in [0.29, 0.717) is 54.1 Å². The molecule has 6 heterocycles. The summed E-state index contributed by atoms with van der Waals surface area (Å²) in [6.07, 6.45) is 11.2. The molecule has 5 amide bonds. The second-order valence-corrected chi connectivity index (χ2v) is 14.9. The number of piperidine rings is 2. The predicted molar refractivity (Wildman–Crippen MR) is 203 cm³/mol. The van der Waals surface area contributed by atoms with Gasteiger partial charge in [-0.2, -0.15) is 10.2 Å². The van der Waals surface area contributed by atoms with Crippen LogP contribution < -0.4 is 20.1 Å². The highest BCUT2D eigenvalue weighted by Crippen LogP contribution is 2.36. The Hall–Kier alpha value is -6.20. The van der Waals surface area contributed by atoms with Gasteiger partial charge in [0.15, 0.2) is 5.65 Å². The van der Waals surface area contributed by atoms with Crippen molar-refractivity contribution in [3.05, 3.63) is 77.9 Å². The molecule has 2 aromatic carbocycles. The summed E-state index contributed by atoms with van der Waals surface area (Å²) in [5, 5.41) is 15.3. The lowest BCUT2D eigenvalue weighted by Gasteiger charge is -2.31. The monoisotopic (exact) mass is 775 g/mol. The van der Waals surface area contributed by atoms with Gasteiger partial charge in [-0.25, -0.2) is 9.50 Å². The third-order valence-corrected chi connectivity index (χ3v) is 11.0. The highest BCUT2D eigenvalue weighted by Gasteiger charge is 2.44. The Balaban J connectivity index is 0.745. The third-order valence-electron chi connectivity index (χ3n) is 11.0. The quantitative estimate of drug-likeness (QED) is 0.124. The molecule has 0 spiro atoms. The summed E-state index contributed by atoms with van der Waals surface area (Å²) in [6.45, 7) is 4.27. The Morgan fingerprint density at radius 3 is 2.60 bits per heavy atom. The Morgan fingerprint density at radius 1 is 0.930 bits per heavy atom. The van der Waals surface area contributed by atoms with Crippen LogP contribution in [0.4, 0.5) is 5.69 Å². The summed E-state index contributed by atoms with van der Waals surface area (Å²) in [5.41, 5.74) is 2.62. The second-order valence-electron chi connectivity index (χ2n) is 14.9. The molecule has 5 aromatic rings. The predicted octanol–water partition coefficient (Wildman–Crippen LogP) is 3.25. The van der Waals surface area contributed by atoms with Gasteiger partial charge in [-0.1, -0.05) is 0 Å². The molecule has 1 unspecified atom stereocenters. The summed E-state index contributed by atoms with van der Waals surface area (Å²) in [6, 6.07) is 9.46. The maximum atomic E-state index is 13.4. The summed E-state index contributed by atoms with van der Waals surface area (Å²) in [5.74, 6) is -0.961. The number of amides is 5. The van der Waals surface area contributed by atoms with E-state index < -0.39 is 29.7 Å². The number of aromatic nitrogens is 5. The standard InChI is InChI=1S/C40H41N9O8/c50-35-7-6-33(38(52)44-35)49-39(53)28-5-4-27(19-29(28)40(49)54)56-17-16-55-15-14-46-12-8-26(9-13-46)48-22-25-18-32(34(20-31(25)45-48)57-23-24-2-3-24)43-37(51)30-21-42-47-11-1-10-41-36(30)47/h1,4-5,10-11,18-22,24,26,33H,2-3,6-9,12-17,23H2,(H,43,51)(H,44,50,52). The van der Waals surface area contributed by atoms with Gasteiger partial charge < -0.3 is 24.4 Å². The first-order valence-electron chi connectivity index (χ1n) is 19.3. The molecule has 0 radical (unpaired) electrons. The number of carbonyl (C=O) groups is 5. The summed E-state index contributed by atoms with van der Waals surface area (Å²) in [7, 11) is 0. The minimum atomic E-state index is -1.01. The third kappa shape index (κ3) is 7.55. The van der Waals surface area contributed by atoms with E-state index in [1.54, 1.807) is 29.0 Å². The van der Waals surface area contributed by atoms with Crippen LogP contribution in [0.15, 0.2) is 61.2 Å². The van der Waals surface area contributed by atoms with Gasteiger partial charge in [0.05, 0.1) is 54.4 Å². The van der Waals surface area contributed by atoms with Gasteiger partial charge in [0.1, 0.15) is 29.7 Å². The highest BCUT2D eigenvalue weighted by atomic mass is 16.5. The van der Waals surface area contributed by atoms with Gasteiger partial charge in [0, 0.05) is 56.1 Å². The minimum Gasteiger partial charge on any atom is -0.491 e. The maximum Gasteiger partial charge on any atom is 0.262 e. The van der Waals surface area contributed by atoms with E-state index in [1.165, 1.54) is 18.3 Å². The van der Waals surface area contributed by atoms with E-state index >= 15 is 0 Å². The Morgan fingerprint density at radius 2 is 1.77 bits per heavy atom. The zero-order chi connectivity index (χ0) is 39.0. The van der Waals surface area contributed by atoms with Crippen molar-refractivity contribution in [1.29, 1.82) is 0 Å². The average molecular weight is 776 g/mol. The molecule has 0 bridgehead atoms. The molecule has 17 nitrogen and oxygen atoms in total. The average Bonchev–Trinajstić information content (AvgIpc) is 3.71. The summed E-state index contributed by atoms with van der Waals surface area (Å²) < 4.78 is 21.5. The van der Waals surface area contributed by atoms with Crippen LogP contribution in [-0.2, 0) is 14.3 Å². The summed E-state index contributed by atoms with van der Waals surface area (Å²) in [4.78, 5) is 70.9. The number of imide groups is 2. The van der Waals surface area contributed by atoms with E-state index in [0.717, 1.165) is 61.1 Å². The number of ether oxygens (including phenoxy) is 3. The molecule has 3 fully saturated rings. The van der Waals surface area contributed by atoms with Crippen molar-refractivity contribution in [1.82, 2.24) is 39.5 Å². The topological polar surface area (TPSA) is 192 Å². The smallest absolute Gasteiger partial charge is 0.262 e. The lowest BCUT2D eigenvalue weighted by molar-refractivity contribution is -0.136. The Labute approximate surface area is 326 Å². The van der Waals surface area contributed by atoms with Gasteiger partial charge in [0.2, 0.25) is 11.8 Å². The number of nitrogens with zero attached hydrogens (tertiary/aromatic N) is 7. The fraction of sp³-hybridized carbons (Fsp3) is 0.400. The van der Waals surface area contributed by atoms with Crippen molar-refractivity contribution >= 4 is 51.8 Å². The summed E-state index contributed by atoms with van der Waals surface area (Å²) >= 11 is 0. The van der Waals surface area contributed by atoms with Crippen LogP contribution in [-0.4, -0.2) is 116 Å². The Kier molecular flexibility index (Phi) is 9.83. The van der Waals surface area contributed by atoms with Gasteiger partial charge in [-0.05, 0) is 68.4 Å². The van der Waals surface area contributed by atoms with Crippen molar-refractivity contribution in [2.75, 3.05) is 51.4 Å². The molecule has 17 heteroatoms. The van der Waals surface area contributed by atoms with Crippen molar-refractivity contribution in [2.45, 2.75) is 50.6 Å². The SMILES string of the molecule is O=C1CCC(N2C(=O)c3ccc(OCCOCCN4CCC(n5cc6cc(NC(=O)c7cnn8cccnc78)c(OCC7CC7)cc6n5)CC4)cc3C2=O)C(=O)N1. The number of nitrogens with one attached hydrogen (secondary N) is 2. The first-order valence-corrected chi connectivity index (χ1v) is 19.3. The van der Waals surface area contributed by atoms with Crippen molar-refractivity contribution in [3.8, 4) is 11.5 Å². The highest BCUT2D eigenvalue weighted by molar-refractivity contribution is 6.23. The Bertz CT molecular complexity index is 2400. The first-order chi connectivity index (χ1) is 27.8. The van der Waals surface area contributed by atoms with Crippen molar-refractivity contribution < 1.29 is 38.2 Å². The number of hydrogen-bond donors (Lipinski definition) is 2.